The number of aromatic nitrogens is 2. The van der Waals surface area contributed by atoms with Crippen molar-refractivity contribution in [2.75, 3.05) is 14.1 Å². The van der Waals surface area contributed by atoms with E-state index in [9.17, 15) is 18.4 Å². The lowest BCUT2D eigenvalue weighted by molar-refractivity contribution is 0.0823. The summed E-state index contributed by atoms with van der Waals surface area (Å²) in [6.07, 6.45) is 2.00. The Kier molecular flexibility index (Phi) is 6.84. The smallest absolute Gasteiger partial charge is 0.274 e. The molecule has 5 nitrogen and oxygen atoms in total. The van der Waals surface area contributed by atoms with Gasteiger partial charge in [0, 0.05) is 37.1 Å². The van der Waals surface area contributed by atoms with Crippen LogP contribution < -0.4 is 5.56 Å². The lowest BCUT2D eigenvalue weighted by atomic mass is 10.0. The molecule has 200 valence electrons. The molecule has 0 bridgehead atoms. The Morgan fingerprint density at radius 1 is 1.03 bits per heavy atom. The third-order valence-electron chi connectivity index (χ3n) is 7.15. The number of hydrogen-bond acceptors (Lipinski definition) is 3. The lowest BCUT2D eigenvalue weighted by Crippen LogP contribution is -2.23. The second-order valence-electron chi connectivity index (χ2n) is 10.0. The minimum Gasteiger partial charge on any atom is -0.345 e. The fraction of sp³-hybridized carbons (Fsp3) is 0.233. The van der Waals surface area contributed by atoms with Crippen LogP contribution in [0.5, 0.6) is 0 Å². The lowest BCUT2D eigenvalue weighted by Gasteiger charge is -2.17. The molecule has 0 saturated heterocycles. The van der Waals surface area contributed by atoms with Crippen molar-refractivity contribution in [2.24, 2.45) is 0 Å². The molecule has 9 heteroatoms. The van der Waals surface area contributed by atoms with Gasteiger partial charge in [-0.2, -0.15) is 0 Å². The van der Waals surface area contributed by atoms with E-state index in [2.05, 4.69) is 4.98 Å². The number of hydrogen-bond donors (Lipinski definition) is 0. The maximum atomic E-state index is 15.4. The summed E-state index contributed by atoms with van der Waals surface area (Å²) in [7, 11) is 3.08. The van der Waals surface area contributed by atoms with Crippen molar-refractivity contribution in [2.45, 2.75) is 32.1 Å². The molecule has 1 aliphatic rings. The molecule has 0 aliphatic heterocycles. The molecule has 39 heavy (non-hydrogen) atoms. The molecular formula is C30H25ClF3N3O2. The van der Waals surface area contributed by atoms with Gasteiger partial charge in [0.15, 0.2) is 0 Å². The summed E-state index contributed by atoms with van der Waals surface area (Å²) in [6, 6.07) is 11.6. The number of halogens is 4. The molecule has 1 fully saturated rings. The highest BCUT2D eigenvalue weighted by Gasteiger charge is 2.44. The van der Waals surface area contributed by atoms with E-state index in [-0.39, 0.29) is 33.3 Å². The average molecular weight is 552 g/mol. The van der Waals surface area contributed by atoms with Crippen molar-refractivity contribution in [3.05, 3.63) is 116 Å². The van der Waals surface area contributed by atoms with E-state index in [1.54, 1.807) is 32.0 Å². The average Bonchev–Trinajstić information content (AvgIpc) is 3.67. The van der Waals surface area contributed by atoms with Gasteiger partial charge in [0.25, 0.3) is 11.5 Å². The molecule has 2 aromatic heterocycles. The summed E-state index contributed by atoms with van der Waals surface area (Å²) in [5.74, 6) is -3.13. The van der Waals surface area contributed by atoms with Crippen molar-refractivity contribution in [3.63, 3.8) is 0 Å². The van der Waals surface area contributed by atoms with Crippen LogP contribution in [0.2, 0.25) is 5.02 Å². The Morgan fingerprint density at radius 3 is 2.36 bits per heavy atom. The van der Waals surface area contributed by atoms with Crippen molar-refractivity contribution >= 4 is 17.5 Å². The van der Waals surface area contributed by atoms with Crippen LogP contribution in [-0.4, -0.2) is 34.5 Å². The molecule has 0 spiro atoms. The highest BCUT2D eigenvalue weighted by Crippen LogP contribution is 2.57. The standard InChI is InChI=1S/C30H25ClF3N3O2/c1-15-14-35-24(17-7-5-8-18(28(17)34)29(38)36(3)4)13-25(15)37-16(2)11-21(27(31)30(37)39)19-12-20(19)26-22(32)9-6-10-23(26)33/h5-11,13-14,19-20H,12H2,1-4H3/t19-,20?/m1/s1. The Labute approximate surface area is 228 Å². The number of carbonyl (C=O) groups is 1. The molecule has 2 aromatic carbocycles. The van der Waals surface area contributed by atoms with Crippen LogP contribution in [0.4, 0.5) is 13.2 Å². The first kappa shape index (κ1) is 26.7. The van der Waals surface area contributed by atoms with Crippen LogP contribution in [0.3, 0.4) is 0 Å². The van der Waals surface area contributed by atoms with Gasteiger partial charge in [-0.05, 0) is 79.6 Å². The summed E-state index contributed by atoms with van der Waals surface area (Å²) < 4.78 is 45.5. The molecule has 1 saturated carbocycles. The fourth-order valence-electron chi connectivity index (χ4n) is 5.06. The third kappa shape index (κ3) is 4.63. The molecule has 2 atom stereocenters. The molecule has 4 aromatic rings. The molecular weight excluding hydrogens is 527 g/mol. The molecule has 2 heterocycles. The summed E-state index contributed by atoms with van der Waals surface area (Å²) in [6.45, 7) is 3.50. The minimum atomic E-state index is -0.712. The SMILES string of the molecule is Cc1cnc(-c2cccc(C(=O)N(C)C)c2F)cc1-n1c(C)cc([C@@H]2CC2c2c(F)cccc2F)c(Cl)c1=O. The summed E-state index contributed by atoms with van der Waals surface area (Å²) in [5, 5.41) is -0.0348. The van der Waals surface area contributed by atoms with Crippen molar-refractivity contribution in [1.82, 2.24) is 14.5 Å². The maximum absolute atomic E-state index is 15.4. The summed E-state index contributed by atoms with van der Waals surface area (Å²) >= 11 is 6.57. The number of benzene rings is 2. The zero-order chi connectivity index (χ0) is 28.2. The van der Waals surface area contributed by atoms with E-state index in [4.69, 9.17) is 11.6 Å². The largest absolute Gasteiger partial charge is 0.345 e. The quantitative estimate of drug-likeness (QED) is 0.282. The third-order valence-corrected chi connectivity index (χ3v) is 7.53. The molecule has 1 aliphatic carbocycles. The van der Waals surface area contributed by atoms with Crippen LogP contribution in [0.15, 0.2) is 59.5 Å². The zero-order valence-electron chi connectivity index (χ0n) is 21.7. The van der Waals surface area contributed by atoms with Crippen molar-refractivity contribution in [3.8, 4) is 16.9 Å². The second-order valence-corrected chi connectivity index (χ2v) is 10.4. The Morgan fingerprint density at radius 2 is 1.69 bits per heavy atom. The van der Waals surface area contributed by atoms with E-state index in [1.807, 2.05) is 0 Å². The zero-order valence-corrected chi connectivity index (χ0v) is 22.5. The summed E-state index contributed by atoms with van der Waals surface area (Å²) in [5.41, 5.74) is 1.96. The topological polar surface area (TPSA) is 55.2 Å². The highest BCUT2D eigenvalue weighted by molar-refractivity contribution is 6.31. The van der Waals surface area contributed by atoms with Gasteiger partial charge in [0.1, 0.15) is 22.5 Å². The molecule has 5 rings (SSSR count). The maximum Gasteiger partial charge on any atom is 0.274 e. The van der Waals surface area contributed by atoms with Gasteiger partial charge in [0.2, 0.25) is 0 Å². The van der Waals surface area contributed by atoms with Gasteiger partial charge in [-0.25, -0.2) is 13.2 Å². The predicted octanol–water partition coefficient (Wildman–Crippen LogP) is 6.56. The van der Waals surface area contributed by atoms with Crippen LogP contribution in [0.25, 0.3) is 16.9 Å². The Hall–Kier alpha value is -3.91. The van der Waals surface area contributed by atoms with E-state index in [0.29, 0.717) is 28.9 Å². The highest BCUT2D eigenvalue weighted by atomic mass is 35.5. The second kappa shape index (κ2) is 10.0. The number of nitrogens with zero attached hydrogens (tertiary/aromatic N) is 3. The van der Waals surface area contributed by atoms with E-state index < -0.39 is 34.8 Å². The number of aryl methyl sites for hydroxylation is 2. The minimum absolute atomic E-state index is 0.00650. The Balaban J connectivity index is 1.56. The van der Waals surface area contributed by atoms with E-state index in [1.165, 1.54) is 60.1 Å². The van der Waals surface area contributed by atoms with E-state index >= 15 is 4.39 Å². The number of pyridine rings is 2. The van der Waals surface area contributed by atoms with Gasteiger partial charge >= 0.3 is 0 Å². The van der Waals surface area contributed by atoms with Gasteiger partial charge < -0.3 is 4.90 Å². The predicted molar refractivity (Wildman–Crippen MR) is 144 cm³/mol. The fourth-order valence-corrected chi connectivity index (χ4v) is 5.34. The van der Waals surface area contributed by atoms with Crippen molar-refractivity contribution < 1.29 is 18.0 Å². The normalized spacial score (nSPS) is 16.3. The number of carbonyl (C=O) groups excluding carboxylic acids is 1. The number of rotatable bonds is 5. The first-order valence-electron chi connectivity index (χ1n) is 12.3. The van der Waals surface area contributed by atoms with Crippen LogP contribution in [0.1, 0.15) is 51.0 Å². The van der Waals surface area contributed by atoms with Crippen LogP contribution in [0, 0.1) is 31.3 Å². The van der Waals surface area contributed by atoms with Gasteiger partial charge in [-0.3, -0.25) is 19.1 Å². The number of amides is 1. The molecule has 0 radical (unpaired) electrons. The van der Waals surface area contributed by atoms with E-state index in [0.717, 1.165) is 0 Å². The Bertz CT molecular complexity index is 1680. The van der Waals surface area contributed by atoms with Crippen molar-refractivity contribution in [1.29, 1.82) is 0 Å². The first-order valence-corrected chi connectivity index (χ1v) is 12.7. The molecule has 0 N–H and O–H groups in total. The monoisotopic (exact) mass is 551 g/mol. The first-order chi connectivity index (χ1) is 18.5. The molecule has 1 amide bonds. The summed E-state index contributed by atoms with van der Waals surface area (Å²) in [4.78, 5) is 31.6. The van der Waals surface area contributed by atoms with Gasteiger partial charge in [-0.15, -0.1) is 0 Å². The molecule has 1 unspecified atom stereocenters. The van der Waals surface area contributed by atoms with Gasteiger partial charge in [0.05, 0.1) is 16.9 Å². The van der Waals surface area contributed by atoms with Gasteiger partial charge in [-0.1, -0.05) is 23.7 Å². The van der Waals surface area contributed by atoms with Crippen LogP contribution in [-0.2, 0) is 0 Å². The van der Waals surface area contributed by atoms with Crippen LogP contribution >= 0.6 is 11.6 Å².